The summed E-state index contributed by atoms with van der Waals surface area (Å²) in [6.07, 6.45) is 0. The van der Waals surface area contributed by atoms with Crippen LogP contribution in [0.3, 0.4) is 0 Å². The predicted molar refractivity (Wildman–Crippen MR) is 48.7 cm³/mol. The SMILES string of the molecule is C#N.CCO[SiH](OCC)OCC. The molecule has 0 amide bonds. The lowest BCUT2D eigenvalue weighted by Crippen LogP contribution is -2.27. The molecule has 0 atom stereocenters. The smallest absolute Gasteiger partial charge is 0.376 e. The molecule has 0 heterocycles. The molecule has 0 saturated carbocycles. The fourth-order valence-electron chi connectivity index (χ4n) is 0.553. The zero-order valence-electron chi connectivity index (χ0n) is 7.95. The minimum Gasteiger partial charge on any atom is -0.376 e. The van der Waals surface area contributed by atoms with Gasteiger partial charge in [-0.1, -0.05) is 0 Å². The molecule has 0 saturated heterocycles. The first-order valence-electron chi connectivity index (χ1n) is 3.95. The van der Waals surface area contributed by atoms with E-state index in [9.17, 15) is 0 Å². The topological polar surface area (TPSA) is 51.5 Å². The van der Waals surface area contributed by atoms with Crippen molar-refractivity contribution < 1.29 is 13.3 Å². The van der Waals surface area contributed by atoms with Crippen LogP contribution in [-0.4, -0.2) is 29.3 Å². The van der Waals surface area contributed by atoms with Crippen molar-refractivity contribution in [1.82, 2.24) is 0 Å². The largest absolute Gasteiger partial charge is 0.484 e. The van der Waals surface area contributed by atoms with Crippen LogP contribution in [0, 0.1) is 11.8 Å². The van der Waals surface area contributed by atoms with E-state index >= 15 is 0 Å². The highest BCUT2D eigenvalue weighted by Gasteiger charge is 2.11. The summed E-state index contributed by atoms with van der Waals surface area (Å²) in [6.45, 7) is 11.4. The van der Waals surface area contributed by atoms with Gasteiger partial charge < -0.3 is 13.3 Å². The monoisotopic (exact) mass is 191 g/mol. The lowest BCUT2D eigenvalue weighted by molar-refractivity contribution is 0.107. The third-order valence-corrected chi connectivity index (χ3v) is 2.72. The van der Waals surface area contributed by atoms with E-state index in [2.05, 4.69) is 6.57 Å². The highest BCUT2D eigenvalue weighted by atomic mass is 28.3. The van der Waals surface area contributed by atoms with Crippen LogP contribution in [0.2, 0.25) is 0 Å². The van der Waals surface area contributed by atoms with Crippen molar-refractivity contribution in [2.24, 2.45) is 0 Å². The second kappa shape index (κ2) is 13.2. The van der Waals surface area contributed by atoms with Gasteiger partial charge in [0.25, 0.3) is 0 Å². The van der Waals surface area contributed by atoms with E-state index in [4.69, 9.17) is 18.5 Å². The second-order valence-electron chi connectivity index (χ2n) is 1.65. The van der Waals surface area contributed by atoms with Gasteiger partial charge in [0.15, 0.2) is 0 Å². The third-order valence-electron chi connectivity index (χ3n) is 0.908. The van der Waals surface area contributed by atoms with Gasteiger partial charge in [-0.3, -0.25) is 0 Å². The van der Waals surface area contributed by atoms with E-state index in [1.165, 1.54) is 0 Å². The van der Waals surface area contributed by atoms with Crippen LogP contribution in [0.15, 0.2) is 0 Å². The quantitative estimate of drug-likeness (QED) is 0.587. The Hall–Kier alpha value is -0.413. The van der Waals surface area contributed by atoms with Crippen molar-refractivity contribution in [1.29, 1.82) is 5.26 Å². The first-order valence-corrected chi connectivity index (χ1v) is 5.37. The summed E-state index contributed by atoms with van der Waals surface area (Å²) >= 11 is 0. The molecule has 0 N–H and O–H groups in total. The molecule has 0 aromatic carbocycles. The Labute approximate surface area is 76.0 Å². The first-order chi connectivity index (χ1) is 5.85. The molecule has 0 aliphatic heterocycles. The van der Waals surface area contributed by atoms with Gasteiger partial charge in [0.1, 0.15) is 0 Å². The van der Waals surface area contributed by atoms with Gasteiger partial charge in [0, 0.05) is 26.4 Å². The van der Waals surface area contributed by atoms with E-state index in [1.54, 1.807) is 0 Å². The van der Waals surface area contributed by atoms with Gasteiger partial charge in [-0.25, -0.2) is 5.26 Å². The molecule has 4 nitrogen and oxygen atoms in total. The van der Waals surface area contributed by atoms with E-state index in [-0.39, 0.29) is 0 Å². The maximum atomic E-state index is 6.50. The highest BCUT2D eigenvalue weighted by molar-refractivity contribution is 6.36. The molecule has 12 heavy (non-hydrogen) atoms. The first kappa shape index (κ1) is 14.1. The molecule has 72 valence electrons. The molecule has 5 heteroatoms. The molecule has 0 aliphatic rings. The standard InChI is InChI=1S/C6H16O3Si.CHN/c1-4-7-10(8-5-2)9-6-3;1-2/h10H,4-6H2,1-3H3;1H. The molecule has 0 aromatic heterocycles. The lowest BCUT2D eigenvalue weighted by atomic mass is 10.9. The Morgan fingerprint density at radius 3 is 1.33 bits per heavy atom. The second-order valence-corrected chi connectivity index (χ2v) is 3.23. The Morgan fingerprint density at radius 1 is 0.917 bits per heavy atom. The lowest BCUT2D eigenvalue weighted by Gasteiger charge is -2.12. The van der Waals surface area contributed by atoms with Crippen molar-refractivity contribution >= 4 is 9.53 Å². The molecule has 0 aromatic rings. The minimum atomic E-state index is -1.73. The van der Waals surface area contributed by atoms with Crippen molar-refractivity contribution in [3.63, 3.8) is 0 Å². The summed E-state index contributed by atoms with van der Waals surface area (Å²) in [5, 5.41) is 6.50. The average Bonchev–Trinajstić information content (AvgIpc) is 2.10. The van der Waals surface area contributed by atoms with Gasteiger partial charge >= 0.3 is 9.53 Å². The van der Waals surface area contributed by atoms with Crippen molar-refractivity contribution in [2.75, 3.05) is 19.8 Å². The van der Waals surface area contributed by atoms with Gasteiger partial charge in [-0.2, -0.15) is 0 Å². The van der Waals surface area contributed by atoms with Crippen molar-refractivity contribution in [3.8, 4) is 6.57 Å². The molecule has 0 fully saturated rings. The molecule has 0 aliphatic carbocycles. The van der Waals surface area contributed by atoms with Gasteiger partial charge in [-0.05, 0) is 20.8 Å². The summed E-state index contributed by atoms with van der Waals surface area (Å²) in [4.78, 5) is 0. The van der Waals surface area contributed by atoms with Crippen LogP contribution >= 0.6 is 0 Å². The average molecular weight is 191 g/mol. The zero-order chi connectivity index (χ0) is 9.82. The van der Waals surface area contributed by atoms with Crippen molar-refractivity contribution in [2.45, 2.75) is 20.8 Å². The maximum Gasteiger partial charge on any atom is 0.484 e. The molecule has 0 rings (SSSR count). The van der Waals surface area contributed by atoms with Crippen LogP contribution in [0.1, 0.15) is 20.8 Å². The van der Waals surface area contributed by atoms with Gasteiger partial charge in [0.2, 0.25) is 0 Å². The van der Waals surface area contributed by atoms with Crippen molar-refractivity contribution in [3.05, 3.63) is 0 Å². The van der Waals surface area contributed by atoms with Crippen LogP contribution < -0.4 is 0 Å². The Bertz CT molecular complexity index is 85.6. The van der Waals surface area contributed by atoms with E-state index in [0.29, 0.717) is 19.8 Å². The molecule has 0 spiro atoms. The summed E-state index contributed by atoms with van der Waals surface area (Å²) in [5.74, 6) is 0. The molecular weight excluding hydrogens is 174 g/mol. The Morgan fingerprint density at radius 2 is 1.17 bits per heavy atom. The Kier molecular flexibility index (Phi) is 15.5. The highest BCUT2D eigenvalue weighted by Crippen LogP contribution is 1.90. The van der Waals surface area contributed by atoms with Gasteiger partial charge in [0.05, 0.1) is 0 Å². The summed E-state index contributed by atoms with van der Waals surface area (Å²) in [5.41, 5.74) is 0. The maximum absolute atomic E-state index is 6.50. The fraction of sp³-hybridized carbons (Fsp3) is 0.857. The van der Waals surface area contributed by atoms with E-state index < -0.39 is 9.53 Å². The zero-order valence-corrected chi connectivity index (χ0v) is 9.10. The minimum absolute atomic E-state index is 0.677. The third kappa shape index (κ3) is 9.59. The molecular formula is C7H17NO3Si. The molecule has 0 radical (unpaired) electrons. The van der Waals surface area contributed by atoms with E-state index in [0.717, 1.165) is 0 Å². The normalized spacial score (nSPS) is 9.17. The number of hydrogen-bond donors (Lipinski definition) is 0. The summed E-state index contributed by atoms with van der Waals surface area (Å²) in [7, 11) is -1.73. The molecule has 0 unspecified atom stereocenters. The predicted octanol–water partition coefficient (Wildman–Crippen LogP) is 0.953. The number of nitriles is 1. The van der Waals surface area contributed by atoms with Gasteiger partial charge in [-0.15, -0.1) is 0 Å². The number of rotatable bonds is 6. The number of nitrogens with zero attached hydrogens (tertiary/aromatic N) is 1. The van der Waals surface area contributed by atoms with Crippen LogP contribution in [0.25, 0.3) is 0 Å². The van der Waals surface area contributed by atoms with Crippen LogP contribution in [0.4, 0.5) is 0 Å². The van der Waals surface area contributed by atoms with Crippen LogP contribution in [-0.2, 0) is 13.3 Å². The number of hydrogen-bond acceptors (Lipinski definition) is 4. The van der Waals surface area contributed by atoms with Crippen LogP contribution in [0.5, 0.6) is 0 Å². The summed E-state index contributed by atoms with van der Waals surface area (Å²) < 4.78 is 15.7. The molecule has 0 bridgehead atoms. The Balaban J connectivity index is 0. The fourth-order valence-corrected chi connectivity index (χ4v) is 1.66. The summed E-state index contributed by atoms with van der Waals surface area (Å²) in [6, 6.07) is 0. The van der Waals surface area contributed by atoms with E-state index in [1.807, 2.05) is 20.8 Å².